The Morgan fingerprint density at radius 1 is 0.633 bits per heavy atom. The fourth-order valence-electron chi connectivity index (χ4n) is 8.77. The summed E-state index contributed by atoms with van der Waals surface area (Å²) in [5, 5.41) is 32.3. The number of aromatic nitrogens is 8. The molecule has 2 atom stereocenters. The minimum atomic E-state index is -0.687. The first-order chi connectivity index (χ1) is 29.0. The van der Waals surface area contributed by atoms with Crippen molar-refractivity contribution >= 4 is 23.3 Å². The molecule has 302 valence electrons. The van der Waals surface area contributed by atoms with Crippen molar-refractivity contribution in [2.75, 3.05) is 10.6 Å². The number of nitrogens with zero attached hydrogens (tertiary/aromatic N) is 8. The van der Waals surface area contributed by atoms with Gasteiger partial charge in [0.2, 0.25) is 0 Å². The molecule has 4 heterocycles. The quantitative estimate of drug-likeness (QED) is 0.107. The van der Waals surface area contributed by atoms with Crippen molar-refractivity contribution in [1.29, 1.82) is 0 Å². The SMILES string of the molecule is CCc1nnnn1-c1cccc(C2Nc3ccc(C(=O)OC(=O)c4ccc5c(c4)CC(C)(C)C(c4cccc(-n6nnnc6Cc6ccccc6)c4)N5)cc3CC2(C)C)c1. The topological polar surface area (TPSA) is 155 Å². The van der Waals surface area contributed by atoms with Gasteiger partial charge in [0.25, 0.3) is 0 Å². The summed E-state index contributed by atoms with van der Waals surface area (Å²) in [5.74, 6) is 0.176. The lowest BCUT2D eigenvalue weighted by Crippen LogP contribution is -2.35. The van der Waals surface area contributed by atoms with Gasteiger partial charge in [-0.3, -0.25) is 0 Å². The number of anilines is 2. The number of rotatable bonds is 9. The zero-order chi connectivity index (χ0) is 41.6. The van der Waals surface area contributed by atoms with Gasteiger partial charge in [0.15, 0.2) is 11.6 Å². The summed E-state index contributed by atoms with van der Waals surface area (Å²) in [6.07, 6.45) is 2.73. The van der Waals surface area contributed by atoms with E-state index in [0.717, 1.165) is 68.6 Å². The number of fused-ring (bicyclic) bond motifs is 2. The molecular weight excluding hydrogens is 753 g/mol. The maximum absolute atomic E-state index is 13.5. The number of carbonyl (C=O) groups is 2. The van der Waals surface area contributed by atoms with E-state index in [9.17, 15) is 9.59 Å². The highest BCUT2D eigenvalue weighted by molar-refractivity contribution is 6.03. The van der Waals surface area contributed by atoms with Gasteiger partial charge < -0.3 is 15.4 Å². The molecule has 2 unspecified atom stereocenters. The fraction of sp³-hybridized carbons (Fsp3) is 0.277. The highest BCUT2D eigenvalue weighted by Crippen LogP contribution is 2.47. The van der Waals surface area contributed by atoms with E-state index < -0.39 is 11.9 Å². The van der Waals surface area contributed by atoms with E-state index in [-0.39, 0.29) is 22.9 Å². The van der Waals surface area contributed by atoms with Crippen LogP contribution in [-0.2, 0) is 30.4 Å². The molecule has 0 saturated heterocycles. The van der Waals surface area contributed by atoms with E-state index in [2.05, 4.69) is 106 Å². The maximum Gasteiger partial charge on any atom is 0.346 e. The molecule has 0 aliphatic carbocycles. The highest BCUT2D eigenvalue weighted by Gasteiger charge is 2.38. The number of aryl methyl sites for hydroxylation is 1. The van der Waals surface area contributed by atoms with Crippen LogP contribution in [0.1, 0.15) is 107 Å². The van der Waals surface area contributed by atoms with E-state index in [4.69, 9.17) is 4.74 Å². The van der Waals surface area contributed by atoms with Crippen LogP contribution in [0.15, 0.2) is 115 Å². The third-order valence-electron chi connectivity index (χ3n) is 11.8. The molecule has 2 aliphatic heterocycles. The average molecular weight is 799 g/mol. The summed E-state index contributed by atoms with van der Waals surface area (Å²) in [4.78, 5) is 27.0. The summed E-state index contributed by atoms with van der Waals surface area (Å²) >= 11 is 0. The number of carbonyl (C=O) groups excluding carboxylic acids is 2. The second-order valence-electron chi connectivity index (χ2n) is 17.1. The van der Waals surface area contributed by atoms with E-state index >= 15 is 0 Å². The Hall–Kier alpha value is -7.02. The van der Waals surface area contributed by atoms with Crippen LogP contribution in [0.2, 0.25) is 0 Å². The van der Waals surface area contributed by atoms with Crippen LogP contribution >= 0.6 is 0 Å². The van der Waals surface area contributed by atoms with Crippen molar-refractivity contribution in [3.63, 3.8) is 0 Å². The lowest BCUT2D eigenvalue weighted by atomic mass is 9.72. The molecule has 2 aliphatic rings. The second kappa shape index (κ2) is 15.3. The fourth-order valence-corrected chi connectivity index (χ4v) is 8.77. The van der Waals surface area contributed by atoms with Crippen molar-refractivity contribution in [1.82, 2.24) is 40.4 Å². The molecule has 13 nitrogen and oxygen atoms in total. The Bertz CT molecular complexity index is 2740. The number of nitrogens with one attached hydrogen (secondary N) is 2. The summed E-state index contributed by atoms with van der Waals surface area (Å²) in [5.41, 5.74) is 9.13. The van der Waals surface area contributed by atoms with Crippen LogP contribution in [0.4, 0.5) is 11.4 Å². The second-order valence-corrected chi connectivity index (χ2v) is 17.1. The third kappa shape index (κ3) is 7.42. The summed E-state index contributed by atoms with van der Waals surface area (Å²) in [7, 11) is 0. The first-order valence-corrected chi connectivity index (χ1v) is 20.3. The van der Waals surface area contributed by atoms with Gasteiger partial charge in [-0.1, -0.05) is 89.2 Å². The number of benzene rings is 5. The zero-order valence-electron chi connectivity index (χ0n) is 34.3. The molecule has 2 N–H and O–H groups in total. The smallest absolute Gasteiger partial charge is 0.346 e. The van der Waals surface area contributed by atoms with Crippen LogP contribution in [0.25, 0.3) is 11.4 Å². The summed E-state index contributed by atoms with van der Waals surface area (Å²) in [6, 6.07) is 37.5. The van der Waals surface area contributed by atoms with Gasteiger partial charge in [-0.2, -0.15) is 9.36 Å². The molecule has 2 aromatic heterocycles. The zero-order valence-corrected chi connectivity index (χ0v) is 34.3. The predicted octanol–water partition coefficient (Wildman–Crippen LogP) is 8.26. The van der Waals surface area contributed by atoms with Crippen LogP contribution in [-0.4, -0.2) is 52.4 Å². The summed E-state index contributed by atoms with van der Waals surface area (Å²) < 4.78 is 9.06. The lowest BCUT2D eigenvalue weighted by Gasteiger charge is -2.41. The molecule has 5 aromatic carbocycles. The molecular formula is C47H46N10O3. The van der Waals surface area contributed by atoms with Crippen molar-refractivity contribution < 1.29 is 14.3 Å². The minimum Gasteiger partial charge on any atom is -0.386 e. The minimum absolute atomic E-state index is 0.00892. The van der Waals surface area contributed by atoms with Gasteiger partial charge in [0, 0.05) is 24.2 Å². The standard InChI is InChI=1S/C47H46N10O3/c1-6-40-50-52-54-56(40)36-16-10-14-30(25-36)42-46(2,3)27-34-23-32(18-20-38(34)48-42)44(58)60-45(59)33-19-21-39-35(24-33)28-47(4,5)43(49-39)31-15-11-17-37(26-31)57-41(51-53-55-57)22-29-12-8-7-9-13-29/h7-21,23-26,42-43,48-49H,6,22,27-28H2,1-5H3. The number of esters is 2. The molecule has 13 heteroatoms. The van der Waals surface area contributed by atoms with Crippen LogP contribution < -0.4 is 10.6 Å². The van der Waals surface area contributed by atoms with Gasteiger partial charge in [-0.15, -0.1) is 10.2 Å². The number of ether oxygens (including phenoxy) is 1. The van der Waals surface area contributed by atoms with Gasteiger partial charge in [-0.05, 0) is 133 Å². The molecule has 0 bridgehead atoms. The Kier molecular flexibility index (Phi) is 9.81. The van der Waals surface area contributed by atoms with E-state index in [1.54, 1.807) is 21.5 Å². The van der Waals surface area contributed by atoms with E-state index in [0.29, 0.717) is 30.4 Å². The summed E-state index contributed by atoms with van der Waals surface area (Å²) in [6.45, 7) is 10.8. The lowest BCUT2D eigenvalue weighted by molar-refractivity contribution is 0.0397. The maximum atomic E-state index is 13.5. The van der Waals surface area contributed by atoms with E-state index in [1.165, 1.54) is 0 Å². The van der Waals surface area contributed by atoms with E-state index in [1.807, 2.05) is 73.7 Å². The van der Waals surface area contributed by atoms with Crippen molar-refractivity contribution in [3.05, 3.63) is 166 Å². The van der Waals surface area contributed by atoms with Gasteiger partial charge >= 0.3 is 11.9 Å². The molecule has 60 heavy (non-hydrogen) atoms. The van der Waals surface area contributed by atoms with Crippen molar-refractivity contribution in [2.45, 2.75) is 72.4 Å². The first-order valence-electron chi connectivity index (χ1n) is 20.3. The Morgan fingerprint density at radius 2 is 1.13 bits per heavy atom. The van der Waals surface area contributed by atoms with Crippen LogP contribution in [0, 0.1) is 10.8 Å². The Labute approximate surface area is 348 Å². The molecule has 7 aromatic rings. The molecule has 0 radical (unpaired) electrons. The molecule has 0 saturated carbocycles. The number of hydrogen-bond donors (Lipinski definition) is 2. The predicted molar refractivity (Wildman–Crippen MR) is 227 cm³/mol. The van der Waals surface area contributed by atoms with Crippen LogP contribution in [0.5, 0.6) is 0 Å². The molecule has 0 fully saturated rings. The first kappa shape index (κ1) is 38.5. The van der Waals surface area contributed by atoms with Crippen molar-refractivity contribution in [3.8, 4) is 11.4 Å². The van der Waals surface area contributed by atoms with Gasteiger partial charge in [0.05, 0.1) is 34.6 Å². The highest BCUT2D eigenvalue weighted by atomic mass is 16.6. The third-order valence-corrected chi connectivity index (χ3v) is 11.8. The Balaban J connectivity index is 0.881. The molecule has 0 spiro atoms. The normalized spacial score (nSPS) is 17.4. The number of tetrazole rings is 2. The molecule has 0 amide bonds. The van der Waals surface area contributed by atoms with Gasteiger partial charge in [-0.25, -0.2) is 9.59 Å². The van der Waals surface area contributed by atoms with Crippen LogP contribution in [0.3, 0.4) is 0 Å². The molecule has 9 rings (SSSR count). The monoisotopic (exact) mass is 798 g/mol. The average Bonchev–Trinajstić information content (AvgIpc) is 3.93. The largest absolute Gasteiger partial charge is 0.386 e. The number of hydrogen-bond acceptors (Lipinski definition) is 11. The van der Waals surface area contributed by atoms with Gasteiger partial charge in [0.1, 0.15) is 0 Å². The Morgan fingerprint density at radius 3 is 1.65 bits per heavy atom. The van der Waals surface area contributed by atoms with Crippen molar-refractivity contribution in [2.24, 2.45) is 10.8 Å².